The largest absolute Gasteiger partial charge is 0.315 e. The van der Waals surface area contributed by atoms with Crippen molar-refractivity contribution in [3.05, 3.63) is 0 Å². The molecular weight excluding hydrogens is 248 g/mol. The highest BCUT2D eigenvalue weighted by Crippen LogP contribution is 2.35. The Balaban J connectivity index is 1.99. The molecule has 1 N–H and O–H groups in total. The van der Waals surface area contributed by atoms with Crippen molar-refractivity contribution in [3.8, 4) is 0 Å². The fraction of sp³-hybridized carbons (Fsp3) is 1.00. The van der Waals surface area contributed by atoms with E-state index in [1.807, 2.05) is 0 Å². The zero-order chi connectivity index (χ0) is 13.2. The molecule has 5 heteroatoms. The molecule has 2 aliphatic rings. The molecule has 2 fully saturated rings. The zero-order valence-electron chi connectivity index (χ0n) is 11.6. The summed E-state index contributed by atoms with van der Waals surface area (Å²) in [5.41, 5.74) is 0.344. The number of rotatable bonds is 3. The molecule has 0 spiro atoms. The van der Waals surface area contributed by atoms with Crippen molar-refractivity contribution in [2.45, 2.75) is 51.2 Å². The maximum absolute atomic E-state index is 12.5. The summed E-state index contributed by atoms with van der Waals surface area (Å²) in [6.07, 6.45) is 4.94. The van der Waals surface area contributed by atoms with E-state index in [-0.39, 0.29) is 5.25 Å². The fourth-order valence-electron chi connectivity index (χ4n) is 2.92. The van der Waals surface area contributed by atoms with Gasteiger partial charge in [0, 0.05) is 19.6 Å². The van der Waals surface area contributed by atoms with E-state index in [0.29, 0.717) is 25.0 Å². The summed E-state index contributed by atoms with van der Waals surface area (Å²) in [4.78, 5) is 0. The topological polar surface area (TPSA) is 49.4 Å². The Morgan fingerprint density at radius 2 is 2.00 bits per heavy atom. The van der Waals surface area contributed by atoms with Gasteiger partial charge >= 0.3 is 0 Å². The predicted molar refractivity (Wildman–Crippen MR) is 74.0 cm³/mol. The van der Waals surface area contributed by atoms with Crippen LogP contribution in [-0.2, 0) is 10.0 Å². The number of sulfonamides is 1. The van der Waals surface area contributed by atoms with Gasteiger partial charge < -0.3 is 5.32 Å². The Morgan fingerprint density at radius 3 is 2.50 bits per heavy atom. The molecule has 0 aliphatic carbocycles. The maximum Gasteiger partial charge on any atom is 0.218 e. The minimum atomic E-state index is -3.07. The van der Waals surface area contributed by atoms with Crippen LogP contribution in [0.15, 0.2) is 0 Å². The number of nitrogens with one attached hydrogen (secondary N) is 1. The Hall–Kier alpha value is -0.130. The third kappa shape index (κ3) is 2.89. The zero-order valence-corrected chi connectivity index (χ0v) is 12.4. The number of hydrogen-bond acceptors (Lipinski definition) is 3. The SMILES string of the molecule is CCC1(C)CCN(S(=O)(=O)C2CCCNC2)CC1. The minimum absolute atomic E-state index is 0.197. The van der Waals surface area contributed by atoms with E-state index < -0.39 is 10.0 Å². The Bertz CT molecular complexity index is 366. The lowest BCUT2D eigenvalue weighted by atomic mass is 9.79. The summed E-state index contributed by atoms with van der Waals surface area (Å²) >= 11 is 0. The molecule has 0 amide bonds. The molecule has 0 bridgehead atoms. The van der Waals surface area contributed by atoms with Gasteiger partial charge in [0.05, 0.1) is 5.25 Å². The fourth-order valence-corrected chi connectivity index (χ4v) is 4.83. The van der Waals surface area contributed by atoms with Crippen molar-refractivity contribution >= 4 is 10.0 Å². The first kappa shape index (κ1) is 14.3. The number of piperidine rings is 2. The lowest BCUT2D eigenvalue weighted by Crippen LogP contribution is -2.49. The summed E-state index contributed by atoms with van der Waals surface area (Å²) in [5.74, 6) is 0. The van der Waals surface area contributed by atoms with E-state index >= 15 is 0 Å². The summed E-state index contributed by atoms with van der Waals surface area (Å²) in [6, 6.07) is 0. The molecule has 4 nitrogen and oxygen atoms in total. The van der Waals surface area contributed by atoms with Gasteiger partial charge in [-0.05, 0) is 37.6 Å². The molecule has 1 atom stereocenters. The van der Waals surface area contributed by atoms with Crippen LogP contribution in [0.25, 0.3) is 0 Å². The summed E-state index contributed by atoms with van der Waals surface area (Å²) in [6.45, 7) is 7.49. The quantitative estimate of drug-likeness (QED) is 0.850. The molecule has 2 rings (SSSR count). The molecule has 2 heterocycles. The van der Waals surface area contributed by atoms with Gasteiger partial charge in [0.1, 0.15) is 0 Å². The van der Waals surface area contributed by atoms with Gasteiger partial charge in [-0.2, -0.15) is 0 Å². The first-order chi connectivity index (χ1) is 8.48. The van der Waals surface area contributed by atoms with Crippen molar-refractivity contribution in [1.82, 2.24) is 9.62 Å². The predicted octanol–water partition coefficient (Wildman–Crippen LogP) is 1.58. The van der Waals surface area contributed by atoms with Crippen LogP contribution in [0, 0.1) is 5.41 Å². The molecule has 0 aromatic heterocycles. The van der Waals surface area contributed by atoms with Crippen LogP contribution in [-0.4, -0.2) is 44.2 Å². The van der Waals surface area contributed by atoms with E-state index in [2.05, 4.69) is 19.2 Å². The normalized spacial score (nSPS) is 30.2. The lowest BCUT2D eigenvalue weighted by molar-refractivity contribution is 0.167. The van der Waals surface area contributed by atoms with Crippen molar-refractivity contribution < 1.29 is 8.42 Å². The third-order valence-corrected chi connectivity index (χ3v) is 7.15. The average Bonchev–Trinajstić information content (AvgIpc) is 2.40. The van der Waals surface area contributed by atoms with E-state index in [1.54, 1.807) is 4.31 Å². The van der Waals surface area contributed by atoms with Crippen molar-refractivity contribution in [3.63, 3.8) is 0 Å². The Morgan fingerprint density at radius 1 is 1.33 bits per heavy atom. The highest BCUT2D eigenvalue weighted by molar-refractivity contribution is 7.89. The smallest absolute Gasteiger partial charge is 0.218 e. The maximum atomic E-state index is 12.5. The number of hydrogen-bond donors (Lipinski definition) is 1. The van der Waals surface area contributed by atoms with Crippen LogP contribution in [0.4, 0.5) is 0 Å². The van der Waals surface area contributed by atoms with Gasteiger partial charge in [-0.25, -0.2) is 12.7 Å². The highest BCUT2D eigenvalue weighted by atomic mass is 32.2. The van der Waals surface area contributed by atoms with Gasteiger partial charge in [-0.15, -0.1) is 0 Å². The number of nitrogens with zero attached hydrogens (tertiary/aromatic N) is 1. The molecule has 0 saturated carbocycles. The molecule has 0 radical (unpaired) electrons. The van der Waals surface area contributed by atoms with Crippen LogP contribution in [0.1, 0.15) is 46.0 Å². The van der Waals surface area contributed by atoms with Crippen molar-refractivity contribution in [1.29, 1.82) is 0 Å². The van der Waals surface area contributed by atoms with Gasteiger partial charge in [-0.3, -0.25) is 0 Å². The Labute approximate surface area is 111 Å². The van der Waals surface area contributed by atoms with Crippen LogP contribution < -0.4 is 5.32 Å². The van der Waals surface area contributed by atoms with E-state index in [4.69, 9.17) is 0 Å². The van der Waals surface area contributed by atoms with Crippen molar-refractivity contribution in [2.24, 2.45) is 5.41 Å². The average molecular weight is 274 g/mol. The second kappa shape index (κ2) is 5.47. The van der Waals surface area contributed by atoms with Crippen LogP contribution in [0.3, 0.4) is 0 Å². The van der Waals surface area contributed by atoms with E-state index in [1.165, 1.54) is 0 Å². The van der Waals surface area contributed by atoms with Crippen LogP contribution in [0.2, 0.25) is 0 Å². The molecule has 0 aromatic carbocycles. The molecular formula is C13H26N2O2S. The first-order valence-electron chi connectivity index (χ1n) is 7.18. The molecule has 2 aliphatic heterocycles. The summed E-state index contributed by atoms with van der Waals surface area (Å²) < 4.78 is 26.8. The Kier molecular flexibility index (Phi) is 4.34. The van der Waals surface area contributed by atoms with E-state index in [0.717, 1.165) is 38.6 Å². The van der Waals surface area contributed by atoms with Gasteiger partial charge in [0.15, 0.2) is 0 Å². The van der Waals surface area contributed by atoms with Crippen LogP contribution in [0.5, 0.6) is 0 Å². The third-order valence-electron chi connectivity index (χ3n) is 4.82. The standard InChI is InChI=1S/C13H26N2O2S/c1-3-13(2)6-9-15(10-7-13)18(16,17)12-5-4-8-14-11-12/h12,14H,3-11H2,1-2H3. The molecule has 0 aromatic rings. The first-order valence-corrected chi connectivity index (χ1v) is 8.68. The minimum Gasteiger partial charge on any atom is -0.315 e. The van der Waals surface area contributed by atoms with Gasteiger partial charge in [0.25, 0.3) is 0 Å². The lowest BCUT2D eigenvalue weighted by Gasteiger charge is -2.40. The molecule has 2 saturated heterocycles. The second-order valence-corrected chi connectivity index (χ2v) is 8.29. The molecule has 106 valence electrons. The molecule has 18 heavy (non-hydrogen) atoms. The van der Waals surface area contributed by atoms with Gasteiger partial charge in [0.2, 0.25) is 10.0 Å². The van der Waals surface area contributed by atoms with Crippen molar-refractivity contribution in [2.75, 3.05) is 26.2 Å². The van der Waals surface area contributed by atoms with E-state index in [9.17, 15) is 8.42 Å². The summed E-state index contributed by atoms with van der Waals surface area (Å²) in [5, 5.41) is 3.00. The van der Waals surface area contributed by atoms with Crippen LogP contribution >= 0.6 is 0 Å². The highest BCUT2D eigenvalue weighted by Gasteiger charge is 2.37. The van der Waals surface area contributed by atoms with Gasteiger partial charge in [-0.1, -0.05) is 20.3 Å². The second-order valence-electron chi connectivity index (χ2n) is 6.08. The molecule has 1 unspecified atom stereocenters. The monoisotopic (exact) mass is 274 g/mol. The summed E-state index contributed by atoms with van der Waals surface area (Å²) in [7, 11) is -3.07.